The summed E-state index contributed by atoms with van der Waals surface area (Å²) in [7, 11) is 0. The molecule has 2 heterocycles. The summed E-state index contributed by atoms with van der Waals surface area (Å²) in [5.41, 5.74) is 3.17. The van der Waals surface area contributed by atoms with Crippen molar-refractivity contribution in [3.8, 4) is 17.0 Å². The molecular weight excluding hydrogens is 350 g/mol. The van der Waals surface area contributed by atoms with Gasteiger partial charge in [-0.1, -0.05) is 31.3 Å². The van der Waals surface area contributed by atoms with Gasteiger partial charge in [0.1, 0.15) is 16.5 Å². The lowest BCUT2D eigenvalue weighted by atomic mass is 10.0. The molecular formula is C18H21N5O2S. The van der Waals surface area contributed by atoms with E-state index in [0.717, 1.165) is 22.6 Å². The highest BCUT2D eigenvalue weighted by Gasteiger charge is 2.16. The lowest BCUT2D eigenvalue weighted by molar-refractivity contribution is 0.102. The van der Waals surface area contributed by atoms with E-state index in [4.69, 9.17) is 0 Å². The summed E-state index contributed by atoms with van der Waals surface area (Å²) in [5.74, 6) is 0.295. The van der Waals surface area contributed by atoms with Crippen molar-refractivity contribution >= 4 is 22.4 Å². The van der Waals surface area contributed by atoms with E-state index in [0.29, 0.717) is 28.0 Å². The molecule has 1 aromatic carbocycles. The second kappa shape index (κ2) is 7.25. The monoisotopic (exact) mass is 371 g/mol. The molecule has 2 aromatic heterocycles. The highest BCUT2D eigenvalue weighted by Crippen LogP contribution is 2.32. The first-order valence-electron chi connectivity index (χ1n) is 8.33. The molecule has 0 bridgehead atoms. The molecule has 0 aliphatic carbocycles. The molecule has 0 atom stereocenters. The number of nitrogens with one attached hydrogen (secondary N) is 2. The molecule has 7 nitrogen and oxygen atoms in total. The van der Waals surface area contributed by atoms with E-state index in [-0.39, 0.29) is 11.7 Å². The summed E-state index contributed by atoms with van der Waals surface area (Å²) in [5, 5.41) is 29.3. The molecule has 8 heteroatoms. The second-order valence-electron chi connectivity index (χ2n) is 6.70. The Hall–Kier alpha value is -2.74. The molecule has 26 heavy (non-hydrogen) atoms. The summed E-state index contributed by atoms with van der Waals surface area (Å²) in [4.78, 5) is 12.4. The van der Waals surface area contributed by atoms with Crippen molar-refractivity contribution in [2.75, 3.05) is 5.32 Å². The number of anilines is 1. The van der Waals surface area contributed by atoms with Crippen molar-refractivity contribution in [1.29, 1.82) is 0 Å². The van der Waals surface area contributed by atoms with Crippen LogP contribution >= 0.6 is 11.3 Å². The summed E-state index contributed by atoms with van der Waals surface area (Å²) < 4.78 is 0. The van der Waals surface area contributed by atoms with E-state index in [1.807, 2.05) is 26.0 Å². The van der Waals surface area contributed by atoms with E-state index in [2.05, 4.69) is 39.6 Å². The molecule has 0 spiro atoms. The number of H-pyrrole nitrogens is 1. The smallest absolute Gasteiger partial charge is 0.275 e. The van der Waals surface area contributed by atoms with Crippen molar-refractivity contribution < 1.29 is 9.90 Å². The van der Waals surface area contributed by atoms with Gasteiger partial charge in [-0.15, -0.1) is 10.2 Å². The number of carbonyl (C=O) groups excluding carboxylic acids is 1. The third kappa shape index (κ3) is 3.91. The van der Waals surface area contributed by atoms with Crippen molar-refractivity contribution in [2.24, 2.45) is 5.92 Å². The Balaban J connectivity index is 1.77. The Bertz CT molecular complexity index is 945. The number of hydrogen-bond acceptors (Lipinski definition) is 6. The van der Waals surface area contributed by atoms with Crippen molar-refractivity contribution in [1.82, 2.24) is 20.4 Å². The van der Waals surface area contributed by atoms with E-state index >= 15 is 0 Å². The van der Waals surface area contributed by atoms with Gasteiger partial charge in [-0.05, 0) is 43.0 Å². The Kier molecular flexibility index (Phi) is 5.03. The Morgan fingerprint density at radius 3 is 2.77 bits per heavy atom. The van der Waals surface area contributed by atoms with Gasteiger partial charge in [-0.2, -0.15) is 5.10 Å². The maximum absolute atomic E-state index is 12.4. The van der Waals surface area contributed by atoms with Crippen LogP contribution in [0.3, 0.4) is 0 Å². The Labute approximate surface area is 155 Å². The number of aryl methyl sites for hydroxylation is 2. The van der Waals surface area contributed by atoms with E-state index < -0.39 is 0 Å². The van der Waals surface area contributed by atoms with Crippen LogP contribution in [0.15, 0.2) is 18.2 Å². The molecule has 3 aromatic rings. The zero-order valence-electron chi connectivity index (χ0n) is 15.1. The highest BCUT2D eigenvalue weighted by atomic mass is 32.1. The average Bonchev–Trinajstić information content (AvgIpc) is 3.20. The molecule has 1 amide bonds. The van der Waals surface area contributed by atoms with Gasteiger partial charge in [0.15, 0.2) is 0 Å². The molecule has 0 aliphatic heterocycles. The number of aromatic amines is 1. The summed E-state index contributed by atoms with van der Waals surface area (Å²) in [6, 6.07) is 5.34. The number of carbonyl (C=O) groups is 1. The van der Waals surface area contributed by atoms with Crippen LogP contribution in [0.4, 0.5) is 5.13 Å². The van der Waals surface area contributed by atoms with Gasteiger partial charge in [0.2, 0.25) is 5.13 Å². The van der Waals surface area contributed by atoms with Gasteiger partial charge in [-0.3, -0.25) is 15.2 Å². The van der Waals surface area contributed by atoms with Crippen LogP contribution in [-0.4, -0.2) is 31.4 Å². The number of aromatic nitrogens is 4. The Morgan fingerprint density at radius 2 is 2.04 bits per heavy atom. The molecule has 0 saturated carbocycles. The normalized spacial score (nSPS) is 11.1. The summed E-state index contributed by atoms with van der Waals surface area (Å²) >= 11 is 1.37. The van der Waals surface area contributed by atoms with Gasteiger partial charge in [-0.25, -0.2) is 0 Å². The molecule has 136 valence electrons. The number of phenols is 1. The highest BCUT2D eigenvalue weighted by molar-refractivity contribution is 7.15. The fourth-order valence-electron chi connectivity index (χ4n) is 2.63. The summed E-state index contributed by atoms with van der Waals surface area (Å²) in [6.07, 6.45) is 0.827. The SMILES string of the molecule is Cc1cc(C)c(O)c(-c2cc(C(=O)Nc3nnc(CC(C)C)s3)[nH]n2)c1. The predicted octanol–water partition coefficient (Wildman–Crippen LogP) is 3.70. The van der Waals surface area contributed by atoms with Gasteiger partial charge < -0.3 is 5.11 Å². The fraction of sp³-hybridized carbons (Fsp3) is 0.333. The number of nitrogens with zero attached hydrogens (tertiary/aromatic N) is 3. The third-order valence-corrected chi connectivity index (χ3v) is 4.67. The van der Waals surface area contributed by atoms with Crippen molar-refractivity contribution in [2.45, 2.75) is 34.1 Å². The predicted molar refractivity (Wildman–Crippen MR) is 102 cm³/mol. The minimum Gasteiger partial charge on any atom is -0.507 e. The van der Waals surface area contributed by atoms with Crippen LogP contribution in [0.25, 0.3) is 11.3 Å². The van der Waals surface area contributed by atoms with E-state index in [1.165, 1.54) is 11.3 Å². The molecule has 3 N–H and O–H groups in total. The van der Waals surface area contributed by atoms with Crippen LogP contribution in [-0.2, 0) is 6.42 Å². The molecule has 0 saturated heterocycles. The van der Waals surface area contributed by atoms with Gasteiger partial charge in [0, 0.05) is 12.0 Å². The number of aromatic hydroxyl groups is 1. The minimum atomic E-state index is -0.347. The third-order valence-electron chi connectivity index (χ3n) is 3.81. The minimum absolute atomic E-state index is 0.163. The molecule has 0 unspecified atom stereocenters. The zero-order valence-corrected chi connectivity index (χ0v) is 15.9. The summed E-state index contributed by atoms with van der Waals surface area (Å²) in [6.45, 7) is 7.99. The van der Waals surface area contributed by atoms with Crippen LogP contribution in [0.2, 0.25) is 0 Å². The molecule has 0 radical (unpaired) electrons. The fourth-order valence-corrected chi connectivity index (χ4v) is 3.58. The lowest BCUT2D eigenvalue weighted by Gasteiger charge is -2.06. The lowest BCUT2D eigenvalue weighted by Crippen LogP contribution is -2.12. The van der Waals surface area contributed by atoms with Gasteiger partial charge in [0.05, 0.1) is 5.69 Å². The zero-order chi connectivity index (χ0) is 18.8. The van der Waals surface area contributed by atoms with Crippen molar-refractivity contribution in [3.63, 3.8) is 0 Å². The van der Waals surface area contributed by atoms with Crippen LogP contribution in [0.5, 0.6) is 5.75 Å². The van der Waals surface area contributed by atoms with Crippen LogP contribution in [0, 0.1) is 19.8 Å². The second-order valence-corrected chi connectivity index (χ2v) is 7.76. The van der Waals surface area contributed by atoms with Crippen LogP contribution in [0.1, 0.15) is 40.5 Å². The average molecular weight is 371 g/mol. The Morgan fingerprint density at radius 1 is 1.27 bits per heavy atom. The van der Waals surface area contributed by atoms with E-state index in [9.17, 15) is 9.90 Å². The number of benzene rings is 1. The molecule has 3 rings (SSSR count). The van der Waals surface area contributed by atoms with E-state index in [1.54, 1.807) is 6.07 Å². The maximum atomic E-state index is 12.4. The molecule has 0 fully saturated rings. The topological polar surface area (TPSA) is 104 Å². The van der Waals surface area contributed by atoms with Gasteiger partial charge in [0.25, 0.3) is 5.91 Å². The number of hydrogen-bond donors (Lipinski definition) is 3. The first kappa shape index (κ1) is 18.1. The van der Waals surface area contributed by atoms with Crippen molar-refractivity contribution in [3.05, 3.63) is 40.0 Å². The maximum Gasteiger partial charge on any atom is 0.275 e. The standard InChI is InChI=1S/C18H21N5O2S/c1-9(2)5-15-22-23-18(26-15)19-17(25)14-8-13(20-21-14)12-7-10(3)6-11(4)16(12)24/h6-9,24H,5H2,1-4H3,(H,20,21)(H,19,23,25). The van der Waals surface area contributed by atoms with Crippen LogP contribution < -0.4 is 5.32 Å². The van der Waals surface area contributed by atoms with Gasteiger partial charge >= 0.3 is 0 Å². The molecule has 0 aliphatic rings. The number of phenolic OH excluding ortho intramolecular Hbond substituents is 1. The largest absolute Gasteiger partial charge is 0.507 e. The first-order chi connectivity index (χ1) is 12.3. The quantitative estimate of drug-likeness (QED) is 0.634. The first-order valence-corrected chi connectivity index (χ1v) is 9.15. The number of rotatable bonds is 5. The number of amides is 1.